The van der Waals surface area contributed by atoms with Gasteiger partial charge in [-0.3, -0.25) is 4.79 Å². The summed E-state index contributed by atoms with van der Waals surface area (Å²) in [5.41, 5.74) is 1.24. The molecule has 0 aromatic heterocycles. The van der Waals surface area contributed by atoms with Gasteiger partial charge in [-0.05, 0) is 49.9 Å². The fraction of sp³-hybridized carbons (Fsp3) is 0.562. The van der Waals surface area contributed by atoms with Crippen molar-refractivity contribution in [2.75, 3.05) is 20.2 Å². The SMILES string of the molecule is COc1cccc(CCCNC(=O)C2CCCCN2)c1. The van der Waals surface area contributed by atoms with Crippen LogP contribution in [0, 0.1) is 0 Å². The lowest BCUT2D eigenvalue weighted by molar-refractivity contribution is -0.123. The van der Waals surface area contributed by atoms with Crippen molar-refractivity contribution in [3.8, 4) is 5.75 Å². The number of amides is 1. The third kappa shape index (κ3) is 4.53. The molecule has 110 valence electrons. The summed E-state index contributed by atoms with van der Waals surface area (Å²) >= 11 is 0. The van der Waals surface area contributed by atoms with Crippen molar-refractivity contribution in [2.24, 2.45) is 0 Å². The molecular formula is C16H24N2O2. The summed E-state index contributed by atoms with van der Waals surface area (Å²) in [6, 6.07) is 8.09. The zero-order valence-electron chi connectivity index (χ0n) is 12.2. The number of benzene rings is 1. The molecule has 4 nitrogen and oxygen atoms in total. The van der Waals surface area contributed by atoms with Crippen molar-refractivity contribution in [1.29, 1.82) is 0 Å². The number of carbonyl (C=O) groups is 1. The van der Waals surface area contributed by atoms with Gasteiger partial charge in [0.25, 0.3) is 0 Å². The van der Waals surface area contributed by atoms with E-state index in [9.17, 15) is 4.79 Å². The first-order valence-corrected chi connectivity index (χ1v) is 7.43. The van der Waals surface area contributed by atoms with Crippen LogP contribution >= 0.6 is 0 Å². The summed E-state index contributed by atoms with van der Waals surface area (Å²) in [4.78, 5) is 11.9. The Morgan fingerprint density at radius 1 is 1.45 bits per heavy atom. The minimum Gasteiger partial charge on any atom is -0.497 e. The van der Waals surface area contributed by atoms with Crippen LogP contribution in [-0.2, 0) is 11.2 Å². The molecular weight excluding hydrogens is 252 g/mol. The zero-order valence-corrected chi connectivity index (χ0v) is 12.2. The molecule has 4 heteroatoms. The molecule has 0 aliphatic carbocycles. The molecule has 2 rings (SSSR count). The number of hydrogen-bond acceptors (Lipinski definition) is 3. The molecule has 1 saturated heterocycles. The van der Waals surface area contributed by atoms with Crippen molar-refractivity contribution in [3.05, 3.63) is 29.8 Å². The van der Waals surface area contributed by atoms with Gasteiger partial charge in [0.15, 0.2) is 0 Å². The van der Waals surface area contributed by atoms with E-state index in [1.54, 1.807) is 7.11 Å². The maximum atomic E-state index is 11.9. The molecule has 1 atom stereocenters. The number of ether oxygens (including phenoxy) is 1. The van der Waals surface area contributed by atoms with Crippen molar-refractivity contribution in [2.45, 2.75) is 38.1 Å². The van der Waals surface area contributed by atoms with E-state index in [0.29, 0.717) is 0 Å². The van der Waals surface area contributed by atoms with Crippen LogP contribution < -0.4 is 15.4 Å². The van der Waals surface area contributed by atoms with E-state index < -0.39 is 0 Å². The molecule has 0 spiro atoms. The van der Waals surface area contributed by atoms with Gasteiger partial charge in [-0.1, -0.05) is 18.6 Å². The van der Waals surface area contributed by atoms with Crippen LogP contribution in [0.4, 0.5) is 0 Å². The lowest BCUT2D eigenvalue weighted by atomic mass is 10.0. The van der Waals surface area contributed by atoms with E-state index in [1.807, 2.05) is 18.2 Å². The van der Waals surface area contributed by atoms with E-state index in [-0.39, 0.29) is 11.9 Å². The van der Waals surface area contributed by atoms with Gasteiger partial charge in [0.1, 0.15) is 5.75 Å². The number of hydrogen-bond donors (Lipinski definition) is 2. The summed E-state index contributed by atoms with van der Waals surface area (Å²) in [6.07, 6.45) is 5.19. The number of nitrogens with one attached hydrogen (secondary N) is 2. The van der Waals surface area contributed by atoms with Gasteiger partial charge in [0.05, 0.1) is 13.2 Å². The lowest BCUT2D eigenvalue weighted by Crippen LogP contribution is -2.46. The second kappa shape index (κ2) is 7.90. The monoisotopic (exact) mass is 276 g/mol. The number of carbonyl (C=O) groups excluding carboxylic acids is 1. The van der Waals surface area contributed by atoms with Crippen LogP contribution in [0.25, 0.3) is 0 Å². The molecule has 1 aliphatic heterocycles. The predicted molar refractivity (Wildman–Crippen MR) is 80.0 cm³/mol. The molecule has 1 amide bonds. The average molecular weight is 276 g/mol. The molecule has 1 fully saturated rings. The molecule has 1 unspecified atom stereocenters. The standard InChI is InChI=1S/C16H24N2O2/c1-20-14-8-4-6-13(12-14)7-5-11-18-16(19)15-9-2-3-10-17-15/h4,6,8,12,15,17H,2-3,5,7,9-11H2,1H3,(H,18,19). The summed E-state index contributed by atoms with van der Waals surface area (Å²) in [5.74, 6) is 1.04. The van der Waals surface area contributed by atoms with Crippen molar-refractivity contribution in [3.63, 3.8) is 0 Å². The lowest BCUT2D eigenvalue weighted by Gasteiger charge is -2.22. The Morgan fingerprint density at radius 3 is 3.10 bits per heavy atom. The Hall–Kier alpha value is -1.55. The van der Waals surface area contributed by atoms with E-state index in [4.69, 9.17) is 4.74 Å². The summed E-state index contributed by atoms with van der Waals surface area (Å²) in [6.45, 7) is 1.69. The molecule has 1 aromatic carbocycles. The minimum atomic E-state index is 0.0144. The predicted octanol–water partition coefficient (Wildman–Crippen LogP) is 1.89. The van der Waals surface area contributed by atoms with Crippen LogP contribution in [0.5, 0.6) is 5.75 Å². The van der Waals surface area contributed by atoms with Crippen LogP contribution in [-0.4, -0.2) is 32.1 Å². The van der Waals surface area contributed by atoms with Crippen LogP contribution in [0.2, 0.25) is 0 Å². The first-order chi connectivity index (χ1) is 9.79. The quantitative estimate of drug-likeness (QED) is 0.780. The molecule has 2 N–H and O–H groups in total. The highest BCUT2D eigenvalue weighted by molar-refractivity contribution is 5.81. The van der Waals surface area contributed by atoms with Crippen molar-refractivity contribution < 1.29 is 9.53 Å². The minimum absolute atomic E-state index is 0.0144. The molecule has 0 radical (unpaired) electrons. The van der Waals surface area contributed by atoms with Crippen molar-refractivity contribution >= 4 is 5.91 Å². The number of rotatable bonds is 6. The second-order valence-electron chi connectivity index (χ2n) is 5.25. The number of piperidine rings is 1. The normalized spacial score (nSPS) is 18.6. The molecule has 0 bridgehead atoms. The maximum Gasteiger partial charge on any atom is 0.237 e. The van der Waals surface area contributed by atoms with Crippen LogP contribution in [0.1, 0.15) is 31.2 Å². The molecule has 1 aromatic rings. The Labute approximate surface area is 120 Å². The smallest absolute Gasteiger partial charge is 0.237 e. The third-order valence-electron chi connectivity index (χ3n) is 3.70. The van der Waals surface area contributed by atoms with Gasteiger partial charge in [0, 0.05) is 6.54 Å². The highest BCUT2D eigenvalue weighted by Crippen LogP contribution is 2.13. The van der Waals surface area contributed by atoms with Gasteiger partial charge in [0.2, 0.25) is 5.91 Å². The van der Waals surface area contributed by atoms with Gasteiger partial charge >= 0.3 is 0 Å². The molecule has 1 heterocycles. The van der Waals surface area contributed by atoms with E-state index in [1.165, 1.54) is 12.0 Å². The molecule has 1 aliphatic rings. The molecule has 0 saturated carbocycles. The van der Waals surface area contributed by atoms with E-state index in [2.05, 4.69) is 16.7 Å². The maximum absolute atomic E-state index is 11.9. The third-order valence-corrected chi connectivity index (χ3v) is 3.70. The highest BCUT2D eigenvalue weighted by Gasteiger charge is 2.19. The van der Waals surface area contributed by atoms with Gasteiger partial charge < -0.3 is 15.4 Å². The van der Waals surface area contributed by atoms with Gasteiger partial charge in [-0.15, -0.1) is 0 Å². The Morgan fingerprint density at radius 2 is 2.35 bits per heavy atom. The average Bonchev–Trinajstić information content (AvgIpc) is 2.52. The zero-order chi connectivity index (χ0) is 14.2. The second-order valence-corrected chi connectivity index (χ2v) is 5.25. The Bertz CT molecular complexity index is 428. The number of methoxy groups -OCH3 is 1. The Balaban J connectivity index is 1.66. The van der Waals surface area contributed by atoms with E-state index >= 15 is 0 Å². The van der Waals surface area contributed by atoms with Crippen LogP contribution in [0.3, 0.4) is 0 Å². The molecule has 20 heavy (non-hydrogen) atoms. The van der Waals surface area contributed by atoms with Gasteiger partial charge in [-0.25, -0.2) is 0 Å². The first-order valence-electron chi connectivity index (χ1n) is 7.43. The summed E-state index contributed by atoms with van der Waals surface area (Å²) < 4.78 is 5.20. The Kier molecular flexibility index (Phi) is 5.87. The van der Waals surface area contributed by atoms with E-state index in [0.717, 1.165) is 44.5 Å². The van der Waals surface area contributed by atoms with Crippen LogP contribution in [0.15, 0.2) is 24.3 Å². The summed E-state index contributed by atoms with van der Waals surface area (Å²) in [7, 11) is 1.68. The van der Waals surface area contributed by atoms with Crippen molar-refractivity contribution in [1.82, 2.24) is 10.6 Å². The fourth-order valence-electron chi connectivity index (χ4n) is 2.53. The summed E-state index contributed by atoms with van der Waals surface area (Å²) in [5, 5.41) is 6.28. The first kappa shape index (κ1) is 14.9. The topological polar surface area (TPSA) is 50.4 Å². The number of aryl methyl sites for hydroxylation is 1. The fourth-order valence-corrected chi connectivity index (χ4v) is 2.53. The van der Waals surface area contributed by atoms with Gasteiger partial charge in [-0.2, -0.15) is 0 Å². The highest BCUT2D eigenvalue weighted by atomic mass is 16.5. The largest absolute Gasteiger partial charge is 0.497 e.